The number of hydrogen-bond acceptors (Lipinski definition) is 14. The van der Waals surface area contributed by atoms with Crippen molar-refractivity contribution in [2.75, 3.05) is 0 Å². The van der Waals surface area contributed by atoms with Crippen LogP contribution in [-0.4, -0.2) is 54.5 Å². The smallest absolute Gasteiger partial charge is 0.504 e. The molecule has 0 saturated heterocycles. The first-order chi connectivity index (χ1) is 23.1. The number of hydrogen-bond donors (Lipinski definition) is 4. The van der Waals surface area contributed by atoms with E-state index < -0.39 is 51.4 Å². The van der Waals surface area contributed by atoms with E-state index in [-0.39, 0.29) is 83.9 Å². The summed E-state index contributed by atoms with van der Waals surface area (Å²) < 4.78 is 93.4. The van der Waals surface area contributed by atoms with Crippen molar-refractivity contribution in [3.63, 3.8) is 0 Å². The Morgan fingerprint density at radius 2 is 0.880 bits per heavy atom. The Morgan fingerprint density at radius 3 is 1.22 bits per heavy atom. The van der Waals surface area contributed by atoms with Gasteiger partial charge in [-0.3, -0.25) is 19.1 Å². The summed E-state index contributed by atoms with van der Waals surface area (Å²) in [5.41, 5.74) is -0.578. The van der Waals surface area contributed by atoms with Crippen molar-refractivity contribution in [3.05, 3.63) is 97.3 Å². The van der Waals surface area contributed by atoms with Crippen LogP contribution < -0.4 is 29.6 Å². The summed E-state index contributed by atoms with van der Waals surface area (Å²) in [5, 5.41) is 36.7. The number of sulfone groups is 1. The summed E-state index contributed by atoms with van der Waals surface area (Å²) >= 11 is 0. The van der Waals surface area contributed by atoms with Crippen molar-refractivity contribution >= 4 is 74.6 Å². The van der Waals surface area contributed by atoms with Gasteiger partial charge in [0.15, 0.2) is 11.5 Å². The molecule has 2 aromatic heterocycles. The van der Waals surface area contributed by atoms with Gasteiger partial charge in [0.2, 0.25) is 9.84 Å². The van der Waals surface area contributed by atoms with Crippen LogP contribution in [-0.2, 0) is 30.1 Å². The van der Waals surface area contributed by atoms with E-state index in [4.69, 9.17) is 0 Å². The van der Waals surface area contributed by atoms with Crippen molar-refractivity contribution in [1.82, 2.24) is 9.97 Å². The third kappa shape index (κ3) is 7.25. The number of pyridine rings is 2. The average Bonchev–Trinajstić information content (AvgIpc) is 3.07. The van der Waals surface area contributed by atoms with E-state index >= 15 is 0 Å². The van der Waals surface area contributed by atoms with E-state index in [9.17, 15) is 44.6 Å². The molecule has 4 aromatic carbocycles. The molecule has 0 aliphatic heterocycles. The molecule has 0 saturated carbocycles. The quantitative estimate of drug-likeness (QED) is 0.0994. The van der Waals surface area contributed by atoms with Gasteiger partial charge < -0.3 is 10.2 Å². The minimum Gasteiger partial charge on any atom is -0.504 e. The largest absolute Gasteiger partial charge is 1.00 e. The van der Waals surface area contributed by atoms with Crippen LogP contribution >= 0.6 is 0 Å². The molecular formula is C30H20N6NaO10S3+. The predicted octanol–water partition coefficient (Wildman–Crippen LogP) is 3.36. The fraction of sp³-hybridized carbons (Fsp3) is 0. The van der Waals surface area contributed by atoms with Gasteiger partial charge in [-0.2, -0.15) is 27.1 Å². The number of rotatable bonds is 8. The van der Waals surface area contributed by atoms with E-state index in [1.54, 1.807) is 0 Å². The number of aromatic hydroxyl groups is 2. The van der Waals surface area contributed by atoms with E-state index in [0.717, 1.165) is 12.1 Å². The Hall–Kier alpha value is -4.73. The van der Waals surface area contributed by atoms with Crippen LogP contribution in [0.5, 0.6) is 11.5 Å². The zero-order valence-corrected chi connectivity index (χ0v) is 29.8. The number of phenolic OH excluding ortho intramolecular Hbond substituents is 2. The first kappa shape index (κ1) is 36.5. The fourth-order valence-electron chi connectivity index (χ4n) is 4.69. The summed E-state index contributed by atoms with van der Waals surface area (Å²) in [5.74, 6) is -0.967. The molecule has 0 amide bonds. The van der Waals surface area contributed by atoms with Crippen molar-refractivity contribution in [2.24, 2.45) is 20.5 Å². The molecule has 4 N–H and O–H groups in total. The first-order valence-corrected chi connectivity index (χ1v) is 18.0. The number of aromatic nitrogens is 2. The molecule has 16 nitrogen and oxygen atoms in total. The fourth-order valence-corrected chi connectivity index (χ4v) is 7.36. The molecule has 0 aliphatic rings. The van der Waals surface area contributed by atoms with Crippen LogP contribution in [0.2, 0.25) is 0 Å². The number of phenols is 2. The van der Waals surface area contributed by atoms with E-state index in [0.29, 0.717) is 0 Å². The Balaban J connectivity index is 0.00000486. The van der Waals surface area contributed by atoms with Crippen LogP contribution in [0.3, 0.4) is 0 Å². The van der Waals surface area contributed by atoms with Crippen LogP contribution in [0.1, 0.15) is 0 Å². The standard InChI is InChI=1S/C30H20N6O10S3.Na/c37-29-23(15-25(48(41,42)43)21-3-1-13-31-27(21)29)35-33-17-5-9-19(10-6-17)47(39,40)20-11-7-18(8-12-20)34-36-24-16-26(49(44,45)46)22-4-2-14-32-28(22)30(24)38;/h1-16,37-38H,(H,41,42,43)(H,44,45,46);/q;+1. The predicted molar refractivity (Wildman–Crippen MR) is 173 cm³/mol. The number of azo groups is 2. The normalized spacial score (nSPS) is 12.5. The Morgan fingerprint density at radius 1 is 0.520 bits per heavy atom. The average molecular weight is 744 g/mol. The minimum absolute atomic E-state index is 0. The van der Waals surface area contributed by atoms with Crippen LogP contribution in [0.25, 0.3) is 21.8 Å². The van der Waals surface area contributed by atoms with E-state index in [1.807, 2.05) is 0 Å². The molecule has 50 heavy (non-hydrogen) atoms. The summed E-state index contributed by atoms with van der Waals surface area (Å²) in [4.78, 5) is 6.60. The van der Waals surface area contributed by atoms with Gasteiger partial charge in [-0.1, -0.05) is 0 Å². The zero-order chi connectivity index (χ0) is 35.1. The minimum atomic E-state index is -4.71. The van der Waals surface area contributed by atoms with Gasteiger partial charge in [-0.05, 0) is 84.9 Å². The zero-order valence-electron chi connectivity index (χ0n) is 25.4. The molecular weight excluding hydrogens is 724 g/mol. The summed E-state index contributed by atoms with van der Waals surface area (Å²) in [7, 11) is -13.5. The molecule has 0 bridgehead atoms. The van der Waals surface area contributed by atoms with Gasteiger partial charge in [0.1, 0.15) is 32.2 Å². The molecule has 0 radical (unpaired) electrons. The second-order valence-corrected chi connectivity index (χ2v) is 14.9. The molecule has 0 atom stereocenters. The molecule has 0 fully saturated rings. The van der Waals surface area contributed by atoms with Gasteiger partial charge in [-0.15, -0.1) is 10.2 Å². The number of benzene rings is 4. The maximum absolute atomic E-state index is 13.3. The molecule has 6 aromatic rings. The Labute approximate surface area is 305 Å². The summed E-state index contributed by atoms with van der Waals surface area (Å²) in [6.45, 7) is 0. The van der Waals surface area contributed by atoms with Crippen molar-refractivity contribution in [2.45, 2.75) is 19.6 Å². The van der Waals surface area contributed by atoms with E-state index in [1.165, 1.54) is 85.2 Å². The summed E-state index contributed by atoms with van der Waals surface area (Å²) in [6, 6.07) is 17.7. The van der Waals surface area contributed by atoms with Gasteiger partial charge in [0.25, 0.3) is 20.2 Å². The topological polar surface area (TPSA) is 259 Å². The number of fused-ring (bicyclic) bond motifs is 2. The molecule has 0 unspecified atom stereocenters. The second-order valence-electron chi connectivity index (χ2n) is 10.1. The molecule has 20 heteroatoms. The van der Waals surface area contributed by atoms with Crippen molar-refractivity contribution in [3.8, 4) is 11.5 Å². The van der Waals surface area contributed by atoms with E-state index in [2.05, 4.69) is 30.4 Å². The third-order valence-corrected chi connectivity index (χ3v) is 10.6. The second kappa shape index (κ2) is 13.9. The molecule has 0 spiro atoms. The SMILES string of the molecule is O=S(=O)(O)c1cc(N=Nc2ccc(S(=O)(=O)c3ccc(N=Nc4cc(S(=O)(=O)O)c5cccnc5c4O)cc3)cc2)c(O)c2ncccc12.[Na+]. The third-order valence-electron chi connectivity index (χ3n) is 7.01. The van der Waals surface area contributed by atoms with Gasteiger partial charge in [0.05, 0.1) is 21.2 Å². The first-order valence-electron chi connectivity index (χ1n) is 13.6. The summed E-state index contributed by atoms with van der Waals surface area (Å²) in [6.07, 6.45) is 2.63. The molecule has 6 rings (SSSR count). The Bertz CT molecular complexity index is 2510. The maximum Gasteiger partial charge on any atom is 1.00 e. The molecule has 0 aliphatic carbocycles. The van der Waals surface area contributed by atoms with Crippen LogP contribution in [0.15, 0.2) is 137 Å². The van der Waals surface area contributed by atoms with Crippen LogP contribution in [0, 0.1) is 0 Å². The van der Waals surface area contributed by atoms with Crippen molar-refractivity contribution in [1.29, 1.82) is 0 Å². The number of nitrogens with zero attached hydrogens (tertiary/aromatic N) is 6. The molecule has 248 valence electrons. The molecule has 2 heterocycles. The van der Waals surface area contributed by atoms with Gasteiger partial charge in [0, 0.05) is 23.2 Å². The Kier molecular flexibility index (Phi) is 10.1. The monoisotopic (exact) mass is 743 g/mol. The van der Waals surface area contributed by atoms with Gasteiger partial charge >= 0.3 is 29.6 Å². The van der Waals surface area contributed by atoms with Crippen LogP contribution in [0.4, 0.5) is 22.7 Å². The van der Waals surface area contributed by atoms with Crippen molar-refractivity contribution < 1.29 is 74.1 Å². The maximum atomic E-state index is 13.3. The van der Waals surface area contributed by atoms with Gasteiger partial charge in [-0.25, -0.2) is 8.42 Å².